The minimum atomic E-state index is -0.142. The average Bonchev–Trinajstić information content (AvgIpc) is 2.97. The van der Waals surface area contributed by atoms with Crippen molar-refractivity contribution in [3.05, 3.63) is 45.9 Å². The molecule has 0 fully saturated rings. The van der Waals surface area contributed by atoms with Crippen LogP contribution >= 0.6 is 11.3 Å². The number of rotatable bonds is 4. The van der Waals surface area contributed by atoms with Crippen molar-refractivity contribution < 1.29 is 9.53 Å². The number of hydrogen-bond acceptors (Lipinski definition) is 5. The number of aromatic nitrogens is 1. The Labute approximate surface area is 127 Å². The molecule has 3 N–H and O–H groups in total. The van der Waals surface area contributed by atoms with Crippen LogP contribution in [0.25, 0.3) is 0 Å². The highest BCUT2D eigenvalue weighted by atomic mass is 32.1. The molecule has 110 valence electrons. The fraction of sp³-hybridized carbons (Fsp3) is 0.333. The van der Waals surface area contributed by atoms with Gasteiger partial charge in [-0.3, -0.25) is 4.79 Å². The number of amides is 1. The van der Waals surface area contributed by atoms with Crippen LogP contribution in [-0.2, 0) is 6.42 Å². The molecule has 0 aliphatic carbocycles. The average molecular weight is 303 g/mol. The third kappa shape index (κ3) is 3.06. The van der Waals surface area contributed by atoms with Crippen molar-refractivity contribution in [1.82, 2.24) is 10.3 Å². The maximum absolute atomic E-state index is 12.3. The molecule has 0 saturated carbocycles. The number of para-hydroxylation sites is 1. The van der Waals surface area contributed by atoms with Crippen LogP contribution in [0.15, 0.2) is 29.6 Å². The van der Waals surface area contributed by atoms with Crippen LogP contribution in [0.3, 0.4) is 0 Å². The van der Waals surface area contributed by atoms with Gasteiger partial charge in [-0.25, -0.2) is 4.98 Å². The number of hydrogen-bond donors (Lipinski definition) is 2. The molecule has 2 aromatic rings. The van der Waals surface area contributed by atoms with Crippen molar-refractivity contribution in [3.63, 3.8) is 0 Å². The standard InChI is InChI=1S/C15H17N3O2S/c16-7-5-14-17-12(9-21-14)15(19)18-11-6-8-20-13-4-2-1-3-10(11)13/h1-4,9,11H,5-8,16H2,(H,18,19). The quantitative estimate of drug-likeness (QED) is 0.904. The topological polar surface area (TPSA) is 77.2 Å². The summed E-state index contributed by atoms with van der Waals surface area (Å²) in [6, 6.07) is 7.77. The molecule has 1 amide bonds. The first-order chi connectivity index (χ1) is 10.3. The van der Waals surface area contributed by atoms with E-state index in [9.17, 15) is 4.79 Å². The third-order valence-corrected chi connectivity index (χ3v) is 4.32. The van der Waals surface area contributed by atoms with Gasteiger partial charge in [0.2, 0.25) is 0 Å². The lowest BCUT2D eigenvalue weighted by Crippen LogP contribution is -2.32. The number of nitrogens with one attached hydrogen (secondary N) is 1. The lowest BCUT2D eigenvalue weighted by atomic mass is 10.0. The molecular formula is C15H17N3O2S. The van der Waals surface area contributed by atoms with Gasteiger partial charge in [-0.2, -0.15) is 0 Å². The Balaban J connectivity index is 1.73. The molecule has 1 aromatic carbocycles. The molecule has 2 heterocycles. The van der Waals surface area contributed by atoms with Crippen molar-refractivity contribution in [2.75, 3.05) is 13.2 Å². The molecule has 1 atom stereocenters. The van der Waals surface area contributed by atoms with Gasteiger partial charge in [-0.1, -0.05) is 18.2 Å². The third-order valence-electron chi connectivity index (χ3n) is 3.41. The van der Waals surface area contributed by atoms with E-state index in [4.69, 9.17) is 10.5 Å². The first kappa shape index (κ1) is 14.0. The summed E-state index contributed by atoms with van der Waals surface area (Å²) in [6.45, 7) is 1.15. The zero-order valence-electron chi connectivity index (χ0n) is 11.5. The van der Waals surface area contributed by atoms with E-state index >= 15 is 0 Å². The monoisotopic (exact) mass is 303 g/mol. The number of thiazole rings is 1. The molecular weight excluding hydrogens is 286 g/mol. The smallest absolute Gasteiger partial charge is 0.271 e. The molecule has 0 bridgehead atoms. The SMILES string of the molecule is NCCc1nc(C(=O)NC2CCOc3ccccc32)cs1. The molecule has 1 aromatic heterocycles. The summed E-state index contributed by atoms with van der Waals surface area (Å²) in [7, 11) is 0. The van der Waals surface area contributed by atoms with E-state index in [1.165, 1.54) is 11.3 Å². The molecule has 21 heavy (non-hydrogen) atoms. The first-order valence-electron chi connectivity index (χ1n) is 6.95. The molecule has 3 rings (SSSR count). The molecule has 1 unspecified atom stereocenters. The number of ether oxygens (including phenoxy) is 1. The largest absolute Gasteiger partial charge is 0.493 e. The molecule has 0 saturated heterocycles. The number of carbonyl (C=O) groups is 1. The summed E-state index contributed by atoms with van der Waals surface area (Å²) in [5.74, 6) is 0.701. The first-order valence-corrected chi connectivity index (χ1v) is 7.83. The maximum atomic E-state index is 12.3. The molecule has 0 radical (unpaired) electrons. The minimum Gasteiger partial charge on any atom is -0.493 e. The molecule has 1 aliphatic rings. The number of nitrogens with zero attached hydrogens (tertiary/aromatic N) is 1. The van der Waals surface area contributed by atoms with Crippen molar-refractivity contribution in [2.45, 2.75) is 18.9 Å². The van der Waals surface area contributed by atoms with Gasteiger partial charge in [0.15, 0.2) is 0 Å². The van der Waals surface area contributed by atoms with Crippen LogP contribution in [0.2, 0.25) is 0 Å². The van der Waals surface area contributed by atoms with Gasteiger partial charge in [-0.05, 0) is 12.6 Å². The Morgan fingerprint density at radius 1 is 1.48 bits per heavy atom. The van der Waals surface area contributed by atoms with Gasteiger partial charge in [0, 0.05) is 23.8 Å². The second kappa shape index (κ2) is 6.24. The van der Waals surface area contributed by atoms with E-state index < -0.39 is 0 Å². The lowest BCUT2D eigenvalue weighted by molar-refractivity contribution is 0.0920. The highest BCUT2D eigenvalue weighted by molar-refractivity contribution is 7.09. The molecule has 1 aliphatic heterocycles. The zero-order chi connectivity index (χ0) is 14.7. The van der Waals surface area contributed by atoms with E-state index in [0.717, 1.165) is 22.7 Å². The Hall–Kier alpha value is -1.92. The fourth-order valence-electron chi connectivity index (χ4n) is 2.38. The van der Waals surface area contributed by atoms with Crippen LogP contribution in [0.1, 0.15) is 33.5 Å². The summed E-state index contributed by atoms with van der Waals surface area (Å²) in [5, 5.41) is 5.72. The van der Waals surface area contributed by atoms with Crippen LogP contribution < -0.4 is 15.8 Å². The van der Waals surface area contributed by atoms with Crippen molar-refractivity contribution in [2.24, 2.45) is 5.73 Å². The van der Waals surface area contributed by atoms with Gasteiger partial charge < -0.3 is 15.8 Å². The normalized spacial score (nSPS) is 16.9. The predicted octanol–water partition coefficient (Wildman–Crippen LogP) is 1.90. The highest BCUT2D eigenvalue weighted by Crippen LogP contribution is 2.31. The number of fused-ring (bicyclic) bond motifs is 1. The highest BCUT2D eigenvalue weighted by Gasteiger charge is 2.23. The van der Waals surface area contributed by atoms with Crippen LogP contribution in [0, 0.1) is 0 Å². The summed E-state index contributed by atoms with van der Waals surface area (Å²) >= 11 is 1.47. The molecule has 0 spiro atoms. The van der Waals surface area contributed by atoms with Crippen molar-refractivity contribution in [3.8, 4) is 5.75 Å². The Kier molecular flexibility index (Phi) is 4.17. The van der Waals surface area contributed by atoms with Crippen molar-refractivity contribution in [1.29, 1.82) is 0 Å². The van der Waals surface area contributed by atoms with Crippen LogP contribution in [-0.4, -0.2) is 24.0 Å². The summed E-state index contributed by atoms with van der Waals surface area (Å²) in [6.07, 6.45) is 1.47. The second-order valence-corrected chi connectivity index (χ2v) is 5.81. The zero-order valence-corrected chi connectivity index (χ0v) is 12.4. The van der Waals surface area contributed by atoms with E-state index in [0.29, 0.717) is 25.3 Å². The number of carbonyl (C=O) groups excluding carboxylic acids is 1. The fourth-order valence-corrected chi connectivity index (χ4v) is 3.17. The molecule has 6 heteroatoms. The van der Waals surface area contributed by atoms with E-state index in [1.807, 2.05) is 24.3 Å². The molecule has 5 nitrogen and oxygen atoms in total. The van der Waals surface area contributed by atoms with Crippen LogP contribution in [0.5, 0.6) is 5.75 Å². The summed E-state index contributed by atoms with van der Waals surface area (Å²) in [4.78, 5) is 16.6. The summed E-state index contributed by atoms with van der Waals surface area (Å²) < 4.78 is 5.60. The van der Waals surface area contributed by atoms with E-state index in [-0.39, 0.29) is 11.9 Å². The second-order valence-electron chi connectivity index (χ2n) is 4.87. The number of benzene rings is 1. The Morgan fingerprint density at radius 2 is 2.33 bits per heavy atom. The maximum Gasteiger partial charge on any atom is 0.271 e. The van der Waals surface area contributed by atoms with E-state index in [1.54, 1.807) is 5.38 Å². The lowest BCUT2D eigenvalue weighted by Gasteiger charge is -2.26. The summed E-state index contributed by atoms with van der Waals surface area (Å²) in [5.41, 5.74) is 6.99. The Bertz CT molecular complexity index is 641. The predicted molar refractivity (Wildman–Crippen MR) is 81.6 cm³/mol. The van der Waals surface area contributed by atoms with Gasteiger partial charge >= 0.3 is 0 Å². The van der Waals surface area contributed by atoms with Crippen LogP contribution in [0.4, 0.5) is 0 Å². The van der Waals surface area contributed by atoms with Gasteiger partial charge in [-0.15, -0.1) is 11.3 Å². The number of nitrogens with two attached hydrogens (primary N) is 1. The minimum absolute atomic E-state index is 0.0258. The van der Waals surface area contributed by atoms with Gasteiger partial charge in [0.1, 0.15) is 11.4 Å². The Morgan fingerprint density at radius 3 is 3.19 bits per heavy atom. The van der Waals surface area contributed by atoms with Crippen molar-refractivity contribution >= 4 is 17.2 Å². The van der Waals surface area contributed by atoms with Gasteiger partial charge in [0.25, 0.3) is 5.91 Å². The van der Waals surface area contributed by atoms with Gasteiger partial charge in [0.05, 0.1) is 17.7 Å². The van der Waals surface area contributed by atoms with E-state index in [2.05, 4.69) is 10.3 Å².